The minimum atomic E-state index is -3.66. The van der Waals surface area contributed by atoms with Crippen LogP contribution in [0.5, 0.6) is 5.75 Å². The van der Waals surface area contributed by atoms with Gasteiger partial charge in [-0.25, -0.2) is 8.42 Å². The molecule has 0 atom stereocenters. The molecule has 0 unspecified atom stereocenters. The number of carbonyl (C=O) groups is 1. The van der Waals surface area contributed by atoms with Gasteiger partial charge in [0, 0.05) is 13.1 Å². The average Bonchev–Trinajstić information content (AvgIpc) is 3.02. The number of sulfonamides is 1. The molecule has 0 radical (unpaired) electrons. The van der Waals surface area contributed by atoms with E-state index in [4.69, 9.17) is 9.15 Å². The van der Waals surface area contributed by atoms with Gasteiger partial charge in [0.25, 0.3) is 5.91 Å². The highest BCUT2D eigenvalue weighted by Gasteiger charge is 2.24. The fourth-order valence-electron chi connectivity index (χ4n) is 2.65. The number of furan rings is 1. The maximum atomic E-state index is 12.8. The Bertz CT molecular complexity index is 899. The molecule has 0 aliphatic rings. The van der Waals surface area contributed by atoms with Crippen molar-refractivity contribution < 1.29 is 22.4 Å². The normalized spacial score (nSPS) is 11.8. The topological polar surface area (TPSA) is 88.9 Å². The van der Waals surface area contributed by atoms with Gasteiger partial charge < -0.3 is 14.5 Å². The highest BCUT2D eigenvalue weighted by molar-refractivity contribution is 7.89. The van der Waals surface area contributed by atoms with Crippen LogP contribution in [0, 0.1) is 6.92 Å². The standard InChI is InChI=1S/C19H26N2O5S/c1-6-21(7-2)27(23,24)15-8-9-18(26-13(3)4)17(12-15)20-19(22)16-10-11-25-14(16)5/h8-13H,6-7H2,1-5H3,(H,20,22). The molecule has 1 N–H and O–H groups in total. The first kappa shape index (κ1) is 21.0. The summed E-state index contributed by atoms with van der Waals surface area (Å²) in [6, 6.07) is 6.04. The van der Waals surface area contributed by atoms with Crippen molar-refractivity contribution in [2.75, 3.05) is 18.4 Å². The van der Waals surface area contributed by atoms with Gasteiger partial charge in [0.15, 0.2) is 0 Å². The first-order valence-corrected chi connectivity index (χ1v) is 10.3. The Morgan fingerprint density at radius 2 is 1.89 bits per heavy atom. The summed E-state index contributed by atoms with van der Waals surface area (Å²) in [5.74, 6) is 0.482. The molecule has 7 nitrogen and oxygen atoms in total. The molecule has 148 valence electrons. The zero-order valence-electron chi connectivity index (χ0n) is 16.3. The van der Waals surface area contributed by atoms with Crippen LogP contribution < -0.4 is 10.1 Å². The average molecular weight is 394 g/mol. The molecular formula is C19H26N2O5S. The molecule has 8 heteroatoms. The van der Waals surface area contributed by atoms with Gasteiger partial charge in [-0.15, -0.1) is 0 Å². The smallest absolute Gasteiger partial charge is 0.259 e. The van der Waals surface area contributed by atoms with E-state index in [-0.39, 0.29) is 11.0 Å². The number of benzene rings is 1. The van der Waals surface area contributed by atoms with Crippen LogP contribution >= 0.6 is 0 Å². The molecule has 0 spiro atoms. The van der Waals surface area contributed by atoms with Crippen LogP contribution in [0.2, 0.25) is 0 Å². The van der Waals surface area contributed by atoms with E-state index in [9.17, 15) is 13.2 Å². The van der Waals surface area contributed by atoms with Crippen molar-refractivity contribution in [1.29, 1.82) is 0 Å². The summed E-state index contributed by atoms with van der Waals surface area (Å²) < 4.78 is 37.9. The van der Waals surface area contributed by atoms with Crippen molar-refractivity contribution >= 4 is 21.6 Å². The van der Waals surface area contributed by atoms with Gasteiger partial charge in [0.1, 0.15) is 11.5 Å². The summed E-state index contributed by atoms with van der Waals surface area (Å²) in [6.45, 7) is 9.67. The molecule has 0 fully saturated rings. The summed E-state index contributed by atoms with van der Waals surface area (Å²) in [4.78, 5) is 12.7. The fraction of sp³-hybridized carbons (Fsp3) is 0.421. The van der Waals surface area contributed by atoms with Crippen molar-refractivity contribution in [3.63, 3.8) is 0 Å². The van der Waals surface area contributed by atoms with Crippen LogP contribution in [-0.4, -0.2) is 37.8 Å². The Labute approximate surface area is 160 Å². The molecule has 1 aromatic carbocycles. The molecule has 0 saturated heterocycles. The highest BCUT2D eigenvalue weighted by atomic mass is 32.2. The van der Waals surface area contributed by atoms with E-state index < -0.39 is 15.9 Å². The molecule has 0 bridgehead atoms. The van der Waals surface area contributed by atoms with Gasteiger partial charge in [0.2, 0.25) is 10.0 Å². The zero-order chi connectivity index (χ0) is 20.2. The Morgan fingerprint density at radius 1 is 1.22 bits per heavy atom. The molecule has 1 heterocycles. The van der Waals surface area contributed by atoms with Crippen LogP contribution in [0.4, 0.5) is 5.69 Å². The quantitative estimate of drug-likeness (QED) is 0.738. The Hall–Kier alpha value is -2.32. The molecule has 2 rings (SSSR count). The third-order valence-corrected chi connectivity index (χ3v) is 6.05. The van der Waals surface area contributed by atoms with E-state index in [2.05, 4.69) is 5.32 Å². The van der Waals surface area contributed by atoms with Gasteiger partial charge in [-0.1, -0.05) is 13.8 Å². The lowest BCUT2D eigenvalue weighted by molar-refractivity contribution is 0.102. The number of ether oxygens (including phenoxy) is 1. The molecule has 1 aromatic heterocycles. The molecule has 0 aliphatic carbocycles. The van der Waals surface area contributed by atoms with Gasteiger partial charge >= 0.3 is 0 Å². The lowest BCUT2D eigenvalue weighted by Crippen LogP contribution is -2.30. The van der Waals surface area contributed by atoms with Crippen molar-refractivity contribution in [3.05, 3.63) is 41.9 Å². The summed E-state index contributed by atoms with van der Waals surface area (Å²) in [5.41, 5.74) is 0.671. The van der Waals surface area contributed by atoms with Gasteiger partial charge in [-0.2, -0.15) is 4.31 Å². The van der Waals surface area contributed by atoms with Crippen molar-refractivity contribution in [3.8, 4) is 5.75 Å². The van der Waals surface area contributed by atoms with E-state index >= 15 is 0 Å². The highest BCUT2D eigenvalue weighted by Crippen LogP contribution is 2.30. The fourth-order valence-corrected chi connectivity index (χ4v) is 4.13. The van der Waals surface area contributed by atoms with Crippen LogP contribution in [0.15, 0.2) is 39.8 Å². The summed E-state index contributed by atoms with van der Waals surface area (Å²) >= 11 is 0. The lowest BCUT2D eigenvalue weighted by Gasteiger charge is -2.20. The number of amides is 1. The maximum Gasteiger partial charge on any atom is 0.259 e. The second kappa shape index (κ2) is 8.58. The van der Waals surface area contributed by atoms with E-state index in [0.717, 1.165) is 0 Å². The summed E-state index contributed by atoms with van der Waals surface area (Å²) in [6.07, 6.45) is 1.29. The number of nitrogens with zero attached hydrogens (tertiary/aromatic N) is 1. The Balaban J connectivity index is 2.46. The van der Waals surface area contributed by atoms with Gasteiger partial charge in [0.05, 0.1) is 28.5 Å². The van der Waals surface area contributed by atoms with Gasteiger partial charge in [-0.05, 0) is 45.0 Å². The number of rotatable bonds is 8. The number of hydrogen-bond donors (Lipinski definition) is 1. The number of carbonyl (C=O) groups excluding carboxylic acids is 1. The molecule has 0 saturated carbocycles. The second-order valence-corrected chi connectivity index (χ2v) is 8.20. The van der Waals surface area contributed by atoms with E-state index in [1.165, 1.54) is 22.7 Å². The monoisotopic (exact) mass is 394 g/mol. The predicted octanol–water partition coefficient (Wildman–Crippen LogP) is 3.66. The van der Waals surface area contributed by atoms with Crippen molar-refractivity contribution in [1.82, 2.24) is 4.31 Å². The van der Waals surface area contributed by atoms with Crippen LogP contribution in [-0.2, 0) is 10.0 Å². The number of nitrogens with one attached hydrogen (secondary N) is 1. The molecule has 0 aliphatic heterocycles. The summed E-state index contributed by atoms with van der Waals surface area (Å²) in [7, 11) is -3.66. The predicted molar refractivity (Wildman–Crippen MR) is 104 cm³/mol. The van der Waals surface area contributed by atoms with Crippen LogP contribution in [0.1, 0.15) is 43.8 Å². The third kappa shape index (κ3) is 4.70. The molecular weight excluding hydrogens is 368 g/mol. The first-order chi connectivity index (χ1) is 12.7. The van der Waals surface area contributed by atoms with Crippen molar-refractivity contribution in [2.24, 2.45) is 0 Å². The minimum absolute atomic E-state index is 0.0986. The largest absolute Gasteiger partial charge is 0.489 e. The molecule has 27 heavy (non-hydrogen) atoms. The number of anilines is 1. The third-order valence-electron chi connectivity index (χ3n) is 4.01. The van der Waals surface area contributed by atoms with E-state index in [1.54, 1.807) is 32.9 Å². The Morgan fingerprint density at radius 3 is 2.41 bits per heavy atom. The summed E-state index contributed by atoms with van der Waals surface area (Å²) in [5, 5.41) is 2.74. The lowest BCUT2D eigenvalue weighted by atomic mass is 10.2. The molecule has 2 aromatic rings. The zero-order valence-corrected chi connectivity index (χ0v) is 17.1. The van der Waals surface area contributed by atoms with Gasteiger partial charge in [-0.3, -0.25) is 4.79 Å². The SMILES string of the molecule is CCN(CC)S(=O)(=O)c1ccc(OC(C)C)c(NC(=O)c2ccoc2C)c1. The minimum Gasteiger partial charge on any atom is -0.489 e. The number of aryl methyl sites for hydroxylation is 1. The van der Waals surface area contributed by atoms with E-state index in [0.29, 0.717) is 35.9 Å². The first-order valence-electron chi connectivity index (χ1n) is 8.87. The number of hydrogen-bond acceptors (Lipinski definition) is 5. The maximum absolute atomic E-state index is 12.8. The second-order valence-electron chi connectivity index (χ2n) is 6.26. The Kier molecular flexibility index (Phi) is 6.67. The van der Waals surface area contributed by atoms with E-state index in [1.807, 2.05) is 13.8 Å². The van der Waals surface area contributed by atoms with Crippen LogP contribution in [0.25, 0.3) is 0 Å². The molecule has 1 amide bonds. The van der Waals surface area contributed by atoms with Crippen LogP contribution in [0.3, 0.4) is 0 Å². The van der Waals surface area contributed by atoms with Crippen molar-refractivity contribution in [2.45, 2.75) is 45.6 Å².